The smallest absolute Gasteiger partial charge is 0.255 e. The van der Waals surface area contributed by atoms with Crippen LogP contribution < -0.4 is 11.1 Å². The number of thiazole rings is 1. The summed E-state index contributed by atoms with van der Waals surface area (Å²) in [6.45, 7) is 2.71. The number of nitrogen functional groups attached to an aromatic ring is 1. The number of carbonyl (C=O) groups excluding carboxylic acids is 1. The molecule has 5 rings (SSSR count). The second-order valence-corrected chi connectivity index (χ2v) is 9.70. The van der Waals surface area contributed by atoms with Gasteiger partial charge in [0.05, 0.1) is 22.6 Å². The molecule has 7 nitrogen and oxygen atoms in total. The number of aryl methyl sites for hydroxylation is 3. The summed E-state index contributed by atoms with van der Waals surface area (Å²) in [6.07, 6.45) is 2.73. The Morgan fingerprint density at radius 1 is 1.09 bits per heavy atom. The quantitative estimate of drug-likeness (QED) is 0.295. The molecule has 0 aliphatic heterocycles. The van der Waals surface area contributed by atoms with Crippen molar-refractivity contribution in [1.82, 2.24) is 20.0 Å². The van der Waals surface area contributed by atoms with Crippen molar-refractivity contribution in [2.24, 2.45) is 0 Å². The molecular formula is C25H22N6OS2. The predicted octanol–water partition coefficient (Wildman–Crippen LogP) is 5.52. The van der Waals surface area contributed by atoms with E-state index in [0.29, 0.717) is 23.5 Å². The van der Waals surface area contributed by atoms with Crippen LogP contribution in [0.5, 0.6) is 0 Å². The third-order valence-corrected chi connectivity index (χ3v) is 7.26. The third-order valence-electron chi connectivity index (χ3n) is 5.31. The van der Waals surface area contributed by atoms with Crippen LogP contribution in [0.1, 0.15) is 21.1 Å². The van der Waals surface area contributed by atoms with Gasteiger partial charge in [-0.2, -0.15) is 0 Å². The average molecular weight is 487 g/mol. The summed E-state index contributed by atoms with van der Waals surface area (Å²) < 4.78 is 1.82. The lowest BCUT2D eigenvalue weighted by molar-refractivity contribution is 0.102. The van der Waals surface area contributed by atoms with Crippen LogP contribution >= 0.6 is 22.7 Å². The van der Waals surface area contributed by atoms with Gasteiger partial charge in [-0.15, -0.1) is 27.8 Å². The molecular weight excluding hydrogens is 464 g/mol. The normalized spacial score (nSPS) is 11.0. The van der Waals surface area contributed by atoms with Gasteiger partial charge in [-0.3, -0.25) is 9.48 Å². The lowest BCUT2D eigenvalue weighted by Crippen LogP contribution is -2.13. The van der Waals surface area contributed by atoms with E-state index in [1.807, 2.05) is 65.6 Å². The van der Waals surface area contributed by atoms with Gasteiger partial charge in [-0.05, 0) is 48.2 Å². The number of anilines is 2. The fraction of sp³-hybridized carbons (Fsp3) is 0.120. The molecule has 0 spiro atoms. The largest absolute Gasteiger partial charge is 0.397 e. The molecule has 0 saturated carbocycles. The number of nitrogens with one attached hydrogen (secondary N) is 1. The van der Waals surface area contributed by atoms with Gasteiger partial charge in [0.15, 0.2) is 0 Å². The highest BCUT2D eigenvalue weighted by atomic mass is 32.1. The fourth-order valence-electron chi connectivity index (χ4n) is 3.52. The second-order valence-electron chi connectivity index (χ2n) is 7.81. The van der Waals surface area contributed by atoms with Gasteiger partial charge < -0.3 is 11.1 Å². The van der Waals surface area contributed by atoms with Crippen LogP contribution in [0.25, 0.3) is 21.7 Å². The molecule has 0 saturated heterocycles. The minimum Gasteiger partial charge on any atom is -0.397 e. The first-order chi connectivity index (χ1) is 16.5. The standard InChI is InChI=1S/C25H22N6OS2/c1-16-15-34-24(27-16)10-11-31-14-22(29-30-31)17-4-6-18(7-5-17)25(32)28-21-13-19(8-9-20(21)26)23-3-2-12-33-23/h2-9,12-15H,10-11,26H2,1H3,(H,28,32). The monoisotopic (exact) mass is 486 g/mol. The highest BCUT2D eigenvalue weighted by molar-refractivity contribution is 7.13. The molecule has 3 aromatic heterocycles. The minimum atomic E-state index is -0.219. The van der Waals surface area contributed by atoms with Gasteiger partial charge in [0.2, 0.25) is 0 Å². The summed E-state index contributed by atoms with van der Waals surface area (Å²) in [5.74, 6) is -0.219. The summed E-state index contributed by atoms with van der Waals surface area (Å²) in [5, 5.41) is 16.6. The Kier molecular flexibility index (Phi) is 6.20. The van der Waals surface area contributed by atoms with Crippen LogP contribution in [0.15, 0.2) is 71.6 Å². The maximum absolute atomic E-state index is 12.8. The second kappa shape index (κ2) is 9.58. The zero-order valence-electron chi connectivity index (χ0n) is 18.4. The van der Waals surface area contributed by atoms with E-state index in [4.69, 9.17) is 5.73 Å². The van der Waals surface area contributed by atoms with E-state index in [1.54, 1.807) is 34.8 Å². The maximum Gasteiger partial charge on any atom is 0.255 e. The van der Waals surface area contributed by atoms with E-state index in [0.717, 1.165) is 38.8 Å². The van der Waals surface area contributed by atoms with Crippen molar-refractivity contribution in [2.75, 3.05) is 11.1 Å². The van der Waals surface area contributed by atoms with Crippen LogP contribution in [0.3, 0.4) is 0 Å². The van der Waals surface area contributed by atoms with Crippen molar-refractivity contribution in [2.45, 2.75) is 19.9 Å². The van der Waals surface area contributed by atoms with Gasteiger partial charge in [0.1, 0.15) is 5.69 Å². The summed E-state index contributed by atoms with van der Waals surface area (Å²) in [6, 6.07) is 17.0. The first-order valence-electron chi connectivity index (χ1n) is 10.7. The molecule has 3 N–H and O–H groups in total. The lowest BCUT2D eigenvalue weighted by atomic mass is 10.1. The van der Waals surface area contributed by atoms with Crippen molar-refractivity contribution in [1.29, 1.82) is 0 Å². The van der Waals surface area contributed by atoms with Gasteiger partial charge in [0.25, 0.3) is 5.91 Å². The highest BCUT2D eigenvalue weighted by Gasteiger charge is 2.12. The van der Waals surface area contributed by atoms with Crippen molar-refractivity contribution < 1.29 is 4.79 Å². The number of amides is 1. The van der Waals surface area contributed by atoms with E-state index in [9.17, 15) is 4.79 Å². The summed E-state index contributed by atoms with van der Waals surface area (Å²) in [5.41, 5.74) is 11.5. The molecule has 170 valence electrons. The molecule has 0 radical (unpaired) electrons. The van der Waals surface area contributed by atoms with Crippen LogP contribution in [-0.2, 0) is 13.0 Å². The van der Waals surface area contributed by atoms with Crippen molar-refractivity contribution >= 4 is 40.0 Å². The zero-order chi connectivity index (χ0) is 23.5. The molecule has 2 aromatic carbocycles. The number of aromatic nitrogens is 4. The average Bonchev–Trinajstić information content (AvgIpc) is 3.62. The van der Waals surface area contributed by atoms with E-state index < -0.39 is 0 Å². The molecule has 9 heteroatoms. The van der Waals surface area contributed by atoms with Gasteiger partial charge in [-0.1, -0.05) is 29.5 Å². The van der Waals surface area contributed by atoms with Crippen molar-refractivity contribution in [3.63, 3.8) is 0 Å². The van der Waals surface area contributed by atoms with E-state index in [2.05, 4.69) is 26.0 Å². The number of nitrogens with two attached hydrogens (primary N) is 1. The molecule has 0 atom stereocenters. The lowest BCUT2D eigenvalue weighted by Gasteiger charge is -2.10. The maximum atomic E-state index is 12.8. The number of thiophene rings is 1. The first-order valence-corrected chi connectivity index (χ1v) is 12.5. The number of benzene rings is 2. The van der Waals surface area contributed by atoms with Crippen LogP contribution in [-0.4, -0.2) is 25.9 Å². The molecule has 3 heterocycles. The van der Waals surface area contributed by atoms with Crippen molar-refractivity contribution in [3.8, 4) is 21.7 Å². The summed E-state index contributed by atoms with van der Waals surface area (Å²) in [4.78, 5) is 18.4. The minimum absolute atomic E-state index is 0.219. The topological polar surface area (TPSA) is 98.7 Å². The Labute approximate surface area is 204 Å². The number of hydrogen-bond donors (Lipinski definition) is 2. The third kappa shape index (κ3) is 4.90. The van der Waals surface area contributed by atoms with E-state index in [1.165, 1.54) is 0 Å². The SMILES string of the molecule is Cc1csc(CCn2cc(-c3ccc(C(=O)Nc4cc(-c5cccs5)ccc4N)cc3)nn2)n1. The van der Waals surface area contributed by atoms with Crippen LogP contribution in [0, 0.1) is 6.92 Å². The Balaban J connectivity index is 1.25. The molecule has 0 aliphatic rings. The van der Waals surface area contributed by atoms with Crippen LogP contribution in [0.4, 0.5) is 11.4 Å². The number of nitrogens with zero attached hydrogens (tertiary/aromatic N) is 4. The van der Waals surface area contributed by atoms with E-state index in [-0.39, 0.29) is 5.91 Å². The zero-order valence-corrected chi connectivity index (χ0v) is 20.1. The predicted molar refractivity (Wildman–Crippen MR) is 138 cm³/mol. The van der Waals surface area contributed by atoms with E-state index >= 15 is 0 Å². The number of carbonyl (C=O) groups is 1. The highest BCUT2D eigenvalue weighted by Crippen LogP contribution is 2.30. The molecule has 1 amide bonds. The van der Waals surface area contributed by atoms with Gasteiger partial charge in [-0.25, -0.2) is 4.98 Å². The molecule has 0 bridgehead atoms. The Morgan fingerprint density at radius 3 is 2.65 bits per heavy atom. The van der Waals surface area contributed by atoms with Crippen LogP contribution in [0.2, 0.25) is 0 Å². The first kappa shape index (κ1) is 22.0. The van der Waals surface area contributed by atoms with Crippen molar-refractivity contribution in [3.05, 3.63) is 87.8 Å². The Morgan fingerprint density at radius 2 is 1.91 bits per heavy atom. The molecule has 5 aromatic rings. The summed E-state index contributed by atoms with van der Waals surface area (Å²) in [7, 11) is 0. The fourth-order valence-corrected chi connectivity index (χ4v) is 5.00. The number of rotatable bonds is 7. The Hall–Kier alpha value is -3.82. The summed E-state index contributed by atoms with van der Waals surface area (Å²) >= 11 is 3.30. The molecule has 0 unspecified atom stereocenters. The van der Waals surface area contributed by atoms with Gasteiger partial charge in [0, 0.05) is 40.0 Å². The number of hydrogen-bond acceptors (Lipinski definition) is 7. The van der Waals surface area contributed by atoms with Gasteiger partial charge >= 0.3 is 0 Å². The molecule has 0 fully saturated rings. The molecule has 0 aliphatic carbocycles. The Bertz CT molecular complexity index is 1420. The molecule has 34 heavy (non-hydrogen) atoms.